The van der Waals surface area contributed by atoms with E-state index in [0.29, 0.717) is 5.92 Å². The van der Waals surface area contributed by atoms with Crippen molar-refractivity contribution in [3.63, 3.8) is 0 Å². The van der Waals surface area contributed by atoms with Gasteiger partial charge in [-0.15, -0.1) is 0 Å². The van der Waals surface area contributed by atoms with Gasteiger partial charge in [0.05, 0.1) is 0 Å². The minimum absolute atomic E-state index is 0.194. The Labute approximate surface area is 94.9 Å². The summed E-state index contributed by atoms with van der Waals surface area (Å²) >= 11 is 0. The van der Waals surface area contributed by atoms with E-state index < -0.39 is 0 Å². The third-order valence-electron chi connectivity index (χ3n) is 2.83. The van der Waals surface area contributed by atoms with Crippen LogP contribution in [0.1, 0.15) is 31.0 Å². The van der Waals surface area contributed by atoms with E-state index in [2.05, 4.69) is 24.1 Å². The van der Waals surface area contributed by atoms with Crippen LogP contribution in [-0.2, 0) is 6.54 Å². The van der Waals surface area contributed by atoms with Crippen LogP contribution in [0.15, 0.2) is 18.2 Å². The molecule has 0 unspecified atom stereocenters. The lowest BCUT2D eigenvalue weighted by atomic mass is 10.0. The number of hydrogen-bond acceptors (Lipinski definition) is 1. The van der Waals surface area contributed by atoms with E-state index in [1.165, 1.54) is 17.3 Å². The maximum Gasteiger partial charge on any atom is 0.125 e. The monoisotopic (exact) mass is 220 g/mol. The average Bonchev–Trinajstić information content (AvgIpc) is 2.57. The summed E-state index contributed by atoms with van der Waals surface area (Å²) in [5, 5.41) is 4.27. The average molecular weight is 220 g/mol. The standard InChI is InChI=1S/C13H17FN2/c1-8(2)13-11(7-15-3)10-5-4-9(14)6-12(10)16-13/h4-6,8,15-16H,7H2,1-3H3. The smallest absolute Gasteiger partial charge is 0.125 e. The number of nitrogens with one attached hydrogen (secondary N) is 2. The predicted octanol–water partition coefficient (Wildman–Crippen LogP) is 3.15. The Hall–Kier alpha value is -1.35. The number of rotatable bonds is 3. The van der Waals surface area contributed by atoms with E-state index in [4.69, 9.17) is 0 Å². The fraction of sp³-hybridized carbons (Fsp3) is 0.385. The number of H-pyrrole nitrogens is 1. The van der Waals surface area contributed by atoms with Gasteiger partial charge in [-0.1, -0.05) is 13.8 Å². The molecule has 16 heavy (non-hydrogen) atoms. The van der Waals surface area contributed by atoms with E-state index in [1.807, 2.05) is 13.1 Å². The maximum atomic E-state index is 13.1. The molecule has 0 amide bonds. The quantitative estimate of drug-likeness (QED) is 0.817. The van der Waals surface area contributed by atoms with Crippen molar-refractivity contribution in [2.45, 2.75) is 26.3 Å². The molecule has 0 saturated carbocycles. The number of fused-ring (bicyclic) bond motifs is 1. The second kappa shape index (κ2) is 4.26. The molecule has 1 heterocycles. The first kappa shape index (κ1) is 11.1. The Morgan fingerprint density at radius 3 is 2.75 bits per heavy atom. The largest absolute Gasteiger partial charge is 0.358 e. The van der Waals surface area contributed by atoms with Crippen LogP contribution < -0.4 is 5.32 Å². The fourth-order valence-electron chi connectivity index (χ4n) is 2.11. The van der Waals surface area contributed by atoms with E-state index in [1.54, 1.807) is 6.07 Å². The SMILES string of the molecule is CNCc1c(C(C)C)[nH]c2cc(F)ccc12. The molecule has 86 valence electrons. The van der Waals surface area contributed by atoms with Crippen molar-refractivity contribution < 1.29 is 4.39 Å². The van der Waals surface area contributed by atoms with Crippen molar-refractivity contribution >= 4 is 10.9 Å². The normalized spacial score (nSPS) is 11.6. The first-order valence-corrected chi connectivity index (χ1v) is 5.58. The molecule has 1 aromatic heterocycles. The lowest BCUT2D eigenvalue weighted by molar-refractivity contribution is 0.629. The highest BCUT2D eigenvalue weighted by Crippen LogP contribution is 2.27. The van der Waals surface area contributed by atoms with Gasteiger partial charge in [0.15, 0.2) is 0 Å². The van der Waals surface area contributed by atoms with Gasteiger partial charge in [-0.05, 0) is 36.7 Å². The highest BCUT2D eigenvalue weighted by molar-refractivity contribution is 5.84. The molecule has 0 fully saturated rings. The van der Waals surface area contributed by atoms with Gasteiger partial charge in [0.25, 0.3) is 0 Å². The van der Waals surface area contributed by atoms with Crippen LogP contribution in [0.5, 0.6) is 0 Å². The maximum absolute atomic E-state index is 13.1. The predicted molar refractivity (Wildman–Crippen MR) is 65.1 cm³/mol. The molecule has 0 aliphatic rings. The molecule has 0 saturated heterocycles. The van der Waals surface area contributed by atoms with Crippen LogP contribution in [0.4, 0.5) is 4.39 Å². The molecule has 0 spiro atoms. The van der Waals surface area contributed by atoms with Gasteiger partial charge < -0.3 is 10.3 Å². The van der Waals surface area contributed by atoms with Crippen LogP contribution in [0.2, 0.25) is 0 Å². The summed E-state index contributed by atoms with van der Waals surface area (Å²) in [5.74, 6) is 0.221. The molecule has 0 aliphatic carbocycles. The van der Waals surface area contributed by atoms with Gasteiger partial charge in [0.1, 0.15) is 5.82 Å². The van der Waals surface area contributed by atoms with Gasteiger partial charge in [0.2, 0.25) is 0 Å². The van der Waals surface area contributed by atoms with Crippen molar-refractivity contribution in [2.24, 2.45) is 0 Å². The van der Waals surface area contributed by atoms with Crippen molar-refractivity contribution in [2.75, 3.05) is 7.05 Å². The summed E-state index contributed by atoms with van der Waals surface area (Å²) in [5.41, 5.74) is 3.32. The molecule has 2 N–H and O–H groups in total. The summed E-state index contributed by atoms with van der Waals surface area (Å²) in [6.45, 7) is 5.08. The summed E-state index contributed by atoms with van der Waals surface area (Å²) in [6.07, 6.45) is 0. The molecule has 3 heteroatoms. The van der Waals surface area contributed by atoms with Crippen LogP contribution in [-0.4, -0.2) is 12.0 Å². The second-order valence-electron chi connectivity index (χ2n) is 4.39. The summed E-state index contributed by atoms with van der Waals surface area (Å²) < 4.78 is 13.1. The lowest BCUT2D eigenvalue weighted by Gasteiger charge is -2.06. The number of benzene rings is 1. The molecule has 2 nitrogen and oxygen atoms in total. The zero-order chi connectivity index (χ0) is 11.7. The Balaban J connectivity index is 2.65. The number of aromatic amines is 1. The molecule has 0 radical (unpaired) electrons. The first-order chi connectivity index (χ1) is 7.63. The van der Waals surface area contributed by atoms with Gasteiger partial charge >= 0.3 is 0 Å². The number of halogens is 1. The van der Waals surface area contributed by atoms with E-state index >= 15 is 0 Å². The molecular weight excluding hydrogens is 203 g/mol. The van der Waals surface area contributed by atoms with E-state index in [0.717, 1.165) is 17.4 Å². The molecule has 2 rings (SSSR count). The van der Waals surface area contributed by atoms with Crippen LogP contribution >= 0.6 is 0 Å². The van der Waals surface area contributed by atoms with Gasteiger partial charge in [-0.2, -0.15) is 0 Å². The summed E-state index contributed by atoms with van der Waals surface area (Å²) in [4.78, 5) is 3.31. The highest BCUT2D eigenvalue weighted by atomic mass is 19.1. The van der Waals surface area contributed by atoms with E-state index in [9.17, 15) is 4.39 Å². The number of aromatic nitrogens is 1. The molecular formula is C13H17FN2. The second-order valence-corrected chi connectivity index (χ2v) is 4.39. The molecule has 1 aromatic carbocycles. The number of hydrogen-bond donors (Lipinski definition) is 2. The Kier molecular flexibility index (Phi) is 2.97. The summed E-state index contributed by atoms with van der Waals surface area (Å²) in [6, 6.07) is 4.92. The Morgan fingerprint density at radius 2 is 2.12 bits per heavy atom. The summed E-state index contributed by atoms with van der Waals surface area (Å²) in [7, 11) is 1.92. The van der Waals surface area contributed by atoms with Crippen LogP contribution in [0, 0.1) is 5.82 Å². The molecule has 2 aromatic rings. The highest BCUT2D eigenvalue weighted by Gasteiger charge is 2.13. The molecule has 0 atom stereocenters. The van der Waals surface area contributed by atoms with Gasteiger partial charge in [0, 0.05) is 23.1 Å². The minimum atomic E-state index is -0.194. The molecule has 0 aliphatic heterocycles. The Morgan fingerprint density at radius 1 is 1.38 bits per heavy atom. The zero-order valence-corrected chi connectivity index (χ0v) is 9.89. The van der Waals surface area contributed by atoms with Gasteiger partial charge in [-0.3, -0.25) is 0 Å². The minimum Gasteiger partial charge on any atom is -0.358 e. The zero-order valence-electron chi connectivity index (χ0n) is 9.89. The third-order valence-corrected chi connectivity index (χ3v) is 2.83. The topological polar surface area (TPSA) is 27.8 Å². The van der Waals surface area contributed by atoms with Crippen molar-refractivity contribution in [1.82, 2.24) is 10.3 Å². The van der Waals surface area contributed by atoms with Crippen molar-refractivity contribution in [3.05, 3.63) is 35.3 Å². The first-order valence-electron chi connectivity index (χ1n) is 5.58. The Bertz CT molecular complexity index is 500. The van der Waals surface area contributed by atoms with Crippen LogP contribution in [0.3, 0.4) is 0 Å². The fourth-order valence-corrected chi connectivity index (χ4v) is 2.11. The van der Waals surface area contributed by atoms with E-state index in [-0.39, 0.29) is 5.82 Å². The lowest BCUT2D eigenvalue weighted by Crippen LogP contribution is -2.07. The molecule has 0 bridgehead atoms. The third kappa shape index (κ3) is 1.83. The van der Waals surface area contributed by atoms with Gasteiger partial charge in [-0.25, -0.2) is 4.39 Å². The van der Waals surface area contributed by atoms with Crippen molar-refractivity contribution in [1.29, 1.82) is 0 Å². The van der Waals surface area contributed by atoms with Crippen molar-refractivity contribution in [3.8, 4) is 0 Å². The van der Waals surface area contributed by atoms with Crippen LogP contribution in [0.25, 0.3) is 10.9 Å².